The maximum atomic E-state index is 12.2. The summed E-state index contributed by atoms with van der Waals surface area (Å²) in [5.41, 5.74) is 6.90. The first-order valence-corrected chi connectivity index (χ1v) is 18.4. The van der Waals surface area contributed by atoms with E-state index in [0.29, 0.717) is 0 Å². The molecule has 2 aliphatic carbocycles. The van der Waals surface area contributed by atoms with E-state index in [0.717, 1.165) is 53.8 Å². The lowest BCUT2D eigenvalue weighted by Crippen LogP contribution is -2.44. The molecule has 2 unspecified atom stereocenters. The van der Waals surface area contributed by atoms with E-state index in [2.05, 4.69) is 79.8 Å². The maximum absolute atomic E-state index is 12.2. The highest BCUT2D eigenvalue weighted by molar-refractivity contribution is 6.74. The van der Waals surface area contributed by atoms with Crippen LogP contribution in [0.2, 0.25) is 18.1 Å². The van der Waals surface area contributed by atoms with Gasteiger partial charge in [-0.05, 0) is 85.7 Å². The molecule has 4 rings (SSSR count). The number of fused-ring (bicyclic) bond motifs is 1. The van der Waals surface area contributed by atoms with Crippen molar-refractivity contribution >= 4 is 8.32 Å². The van der Waals surface area contributed by atoms with Gasteiger partial charge in [0.25, 0.3) is 0 Å². The normalized spacial score (nSPS) is 21.6. The average molecular weight is 573 g/mol. The van der Waals surface area contributed by atoms with E-state index in [1.807, 2.05) is 38.1 Å². The summed E-state index contributed by atoms with van der Waals surface area (Å²) in [5.74, 6) is 0.396. The first-order chi connectivity index (χ1) is 18.9. The van der Waals surface area contributed by atoms with Gasteiger partial charge in [-0.2, -0.15) is 5.26 Å². The Balaban J connectivity index is 1.97. The molecule has 222 valence electrons. The molecule has 0 aliphatic heterocycles. The lowest BCUT2D eigenvalue weighted by molar-refractivity contribution is 0.104. The highest BCUT2D eigenvalue weighted by atomic mass is 28.4. The average Bonchev–Trinajstić information content (AvgIpc) is 3.40. The molecule has 0 fully saturated rings. The Bertz CT molecular complexity index is 1340. The number of pyridine rings is 1. The van der Waals surface area contributed by atoms with Gasteiger partial charge < -0.3 is 9.53 Å². The number of hydrogen-bond donors (Lipinski definition) is 1. The van der Waals surface area contributed by atoms with Crippen molar-refractivity contribution in [1.29, 1.82) is 5.26 Å². The minimum absolute atomic E-state index is 0.0443. The molecule has 1 N–H and O–H groups in total. The van der Waals surface area contributed by atoms with Crippen molar-refractivity contribution in [3.8, 4) is 6.07 Å². The highest BCUT2D eigenvalue weighted by Gasteiger charge is 2.45. The van der Waals surface area contributed by atoms with E-state index in [9.17, 15) is 10.4 Å². The topological polar surface area (TPSA) is 66.1 Å². The van der Waals surface area contributed by atoms with Gasteiger partial charge in [-0.15, -0.1) is 0 Å². The van der Waals surface area contributed by atoms with Crippen molar-refractivity contribution in [2.75, 3.05) is 0 Å². The second-order valence-electron chi connectivity index (χ2n) is 15.6. The molecule has 1 aromatic heterocycles. The molecule has 2 aliphatic rings. The van der Waals surface area contributed by atoms with Crippen LogP contribution in [-0.4, -0.2) is 18.4 Å². The standard InChI is InChI=1S/C36H52N2O2Si/c1-23(2)32-31(33(39)25-16-18-26(19-17-25)36(8,9)22-37)29(24-14-12-13-15-24)30-27(38-32)20-35(6,7)21-28(30)40-41(10,11)34(3,4)5/h12,14,16-19,23-24,28,33,39H,13,15,20-21H2,1-11H3/t24?,28?,33-/m0/s1. The molecule has 0 radical (unpaired) electrons. The summed E-state index contributed by atoms with van der Waals surface area (Å²) in [6.07, 6.45) is 7.73. The fourth-order valence-electron chi connectivity index (χ4n) is 6.27. The molecule has 4 nitrogen and oxygen atoms in total. The quantitative estimate of drug-likeness (QED) is 0.265. The van der Waals surface area contributed by atoms with Crippen LogP contribution >= 0.6 is 0 Å². The first kappa shape index (κ1) is 31.7. The molecule has 1 aromatic carbocycles. The van der Waals surface area contributed by atoms with Gasteiger partial charge in [0.1, 0.15) is 6.10 Å². The van der Waals surface area contributed by atoms with Crippen LogP contribution in [0.25, 0.3) is 0 Å². The summed E-state index contributed by atoms with van der Waals surface area (Å²) in [5, 5.41) is 21.9. The number of nitriles is 1. The minimum atomic E-state index is -2.09. The number of hydrogen-bond acceptors (Lipinski definition) is 4. The van der Waals surface area contributed by atoms with Crippen LogP contribution in [0, 0.1) is 16.7 Å². The fourth-order valence-corrected chi connectivity index (χ4v) is 7.54. The molecular weight excluding hydrogens is 520 g/mol. The van der Waals surface area contributed by atoms with Crippen LogP contribution in [0.3, 0.4) is 0 Å². The van der Waals surface area contributed by atoms with Crippen molar-refractivity contribution in [1.82, 2.24) is 4.98 Å². The number of rotatable bonds is 7. The summed E-state index contributed by atoms with van der Waals surface area (Å²) in [6.45, 7) is 24.5. The number of benzene rings is 1. The van der Waals surface area contributed by atoms with Gasteiger partial charge in [-0.1, -0.05) is 84.9 Å². The van der Waals surface area contributed by atoms with E-state index in [4.69, 9.17) is 9.41 Å². The zero-order valence-electron chi connectivity index (χ0n) is 27.4. The second kappa shape index (κ2) is 11.1. The maximum Gasteiger partial charge on any atom is 0.192 e. The number of aliphatic hydroxyl groups is 1. The predicted octanol–water partition coefficient (Wildman–Crippen LogP) is 9.56. The van der Waals surface area contributed by atoms with E-state index in [-0.39, 0.29) is 28.4 Å². The van der Waals surface area contributed by atoms with Crippen LogP contribution in [0.4, 0.5) is 0 Å². The molecule has 3 atom stereocenters. The van der Waals surface area contributed by atoms with Crippen LogP contribution in [0.5, 0.6) is 0 Å². The first-order valence-electron chi connectivity index (χ1n) is 15.5. The van der Waals surface area contributed by atoms with Crippen molar-refractivity contribution in [3.05, 3.63) is 75.6 Å². The Labute approximate surface area is 250 Å². The number of aromatic nitrogens is 1. The Morgan fingerprint density at radius 1 is 1.07 bits per heavy atom. The lowest BCUT2D eigenvalue weighted by Gasteiger charge is -2.45. The molecule has 2 aromatic rings. The highest BCUT2D eigenvalue weighted by Crippen LogP contribution is 2.52. The van der Waals surface area contributed by atoms with E-state index < -0.39 is 19.8 Å². The predicted molar refractivity (Wildman–Crippen MR) is 172 cm³/mol. The van der Waals surface area contributed by atoms with Crippen molar-refractivity contribution in [3.63, 3.8) is 0 Å². The van der Waals surface area contributed by atoms with Crippen molar-refractivity contribution in [2.24, 2.45) is 5.41 Å². The van der Waals surface area contributed by atoms with Crippen LogP contribution in [0.1, 0.15) is 145 Å². The van der Waals surface area contributed by atoms with Gasteiger partial charge in [-0.25, -0.2) is 0 Å². The summed E-state index contributed by atoms with van der Waals surface area (Å²) >= 11 is 0. The van der Waals surface area contributed by atoms with Gasteiger partial charge >= 0.3 is 0 Å². The molecule has 41 heavy (non-hydrogen) atoms. The summed E-state index contributed by atoms with van der Waals surface area (Å²) in [6, 6.07) is 10.4. The van der Waals surface area contributed by atoms with Gasteiger partial charge in [0.15, 0.2) is 8.32 Å². The number of allylic oxidation sites excluding steroid dienone is 2. The summed E-state index contributed by atoms with van der Waals surface area (Å²) < 4.78 is 7.27. The second-order valence-corrected chi connectivity index (χ2v) is 20.4. The third-order valence-electron chi connectivity index (χ3n) is 9.80. The van der Waals surface area contributed by atoms with Gasteiger partial charge in [0, 0.05) is 28.4 Å². The summed E-state index contributed by atoms with van der Waals surface area (Å²) in [4.78, 5) is 5.41. The third kappa shape index (κ3) is 6.26. The largest absolute Gasteiger partial charge is 0.410 e. The monoisotopic (exact) mass is 572 g/mol. The van der Waals surface area contributed by atoms with Crippen LogP contribution < -0.4 is 0 Å². The zero-order valence-corrected chi connectivity index (χ0v) is 28.4. The SMILES string of the molecule is CC(C)c1nc2c(c(C3C=CCC3)c1[C@@H](O)c1ccc(C(C)(C)C#N)cc1)C(O[Si](C)(C)C(C)(C)C)CC(C)(C)C2. The van der Waals surface area contributed by atoms with Crippen molar-refractivity contribution < 1.29 is 9.53 Å². The van der Waals surface area contributed by atoms with E-state index in [1.165, 1.54) is 11.1 Å². The molecule has 0 spiro atoms. The van der Waals surface area contributed by atoms with Gasteiger partial charge in [0.05, 0.1) is 17.6 Å². The molecule has 1 heterocycles. The van der Waals surface area contributed by atoms with Crippen molar-refractivity contribution in [2.45, 2.75) is 136 Å². The molecule has 0 bridgehead atoms. The Hall–Kier alpha value is -2.26. The molecule has 5 heteroatoms. The Kier molecular flexibility index (Phi) is 8.57. The molecule has 0 amide bonds. The van der Waals surface area contributed by atoms with Gasteiger partial charge in [-0.3, -0.25) is 4.98 Å². The molecular formula is C36H52N2O2Si. The van der Waals surface area contributed by atoms with Crippen LogP contribution in [-0.2, 0) is 16.3 Å². The van der Waals surface area contributed by atoms with Crippen LogP contribution in [0.15, 0.2) is 36.4 Å². The minimum Gasteiger partial charge on any atom is -0.410 e. The van der Waals surface area contributed by atoms with E-state index in [1.54, 1.807) is 0 Å². The third-order valence-corrected chi connectivity index (χ3v) is 14.3. The lowest BCUT2D eigenvalue weighted by atomic mass is 9.70. The number of nitrogens with zero attached hydrogens (tertiary/aromatic N) is 2. The molecule has 0 saturated heterocycles. The molecule has 0 saturated carbocycles. The Morgan fingerprint density at radius 3 is 2.22 bits per heavy atom. The number of aliphatic hydroxyl groups excluding tert-OH is 1. The smallest absolute Gasteiger partial charge is 0.192 e. The van der Waals surface area contributed by atoms with Gasteiger partial charge in [0.2, 0.25) is 0 Å². The summed E-state index contributed by atoms with van der Waals surface area (Å²) in [7, 11) is -2.09. The fraction of sp³-hybridized carbons (Fsp3) is 0.611. The van der Waals surface area contributed by atoms with E-state index >= 15 is 0 Å². The Morgan fingerprint density at radius 2 is 1.71 bits per heavy atom. The zero-order chi connectivity index (χ0) is 30.5.